The van der Waals surface area contributed by atoms with Gasteiger partial charge >= 0.3 is 6.09 Å². The predicted molar refractivity (Wildman–Crippen MR) is 121 cm³/mol. The molecule has 0 saturated heterocycles. The van der Waals surface area contributed by atoms with Gasteiger partial charge in [-0.15, -0.1) is 0 Å². The minimum absolute atomic E-state index is 0.0931. The number of ether oxygens (including phenoxy) is 1. The number of carbonyl (C=O) groups excluding carboxylic acids is 2. The molecule has 0 aromatic heterocycles. The highest BCUT2D eigenvalue weighted by Crippen LogP contribution is 2.33. The van der Waals surface area contributed by atoms with E-state index in [1.165, 1.54) is 0 Å². The van der Waals surface area contributed by atoms with Crippen molar-refractivity contribution < 1.29 is 19.4 Å². The Morgan fingerprint density at radius 3 is 2.53 bits per heavy atom. The van der Waals surface area contributed by atoms with Crippen molar-refractivity contribution in [3.8, 4) is 0 Å². The Kier molecular flexibility index (Phi) is 9.37. The quantitative estimate of drug-likeness (QED) is 0.503. The molecule has 0 spiro atoms. The largest absolute Gasteiger partial charge is 0.444 e. The van der Waals surface area contributed by atoms with Crippen molar-refractivity contribution in [3.63, 3.8) is 0 Å². The molecule has 1 aromatic rings. The number of nitrogens with one attached hydrogen (secondary N) is 2. The van der Waals surface area contributed by atoms with Gasteiger partial charge in [-0.2, -0.15) is 0 Å². The number of aliphatic hydroxyl groups excluding tert-OH is 1. The number of hydrogen-bond acceptors (Lipinski definition) is 4. The summed E-state index contributed by atoms with van der Waals surface area (Å²) in [6.45, 7) is 5.92. The highest BCUT2D eigenvalue weighted by Gasteiger charge is 2.32. The van der Waals surface area contributed by atoms with Gasteiger partial charge in [0, 0.05) is 16.6 Å². The van der Waals surface area contributed by atoms with Crippen LogP contribution in [0.25, 0.3) is 0 Å². The number of rotatable bonds is 7. The van der Waals surface area contributed by atoms with Crippen LogP contribution < -0.4 is 10.6 Å². The topological polar surface area (TPSA) is 87.7 Å². The molecule has 7 heteroatoms. The lowest BCUT2D eigenvalue weighted by Crippen LogP contribution is -2.47. The molecule has 166 valence electrons. The van der Waals surface area contributed by atoms with Crippen molar-refractivity contribution in [2.45, 2.75) is 58.1 Å². The predicted octanol–water partition coefficient (Wildman–Crippen LogP) is 4.43. The van der Waals surface area contributed by atoms with Crippen molar-refractivity contribution in [2.75, 3.05) is 13.2 Å². The molecule has 0 bridgehead atoms. The first-order valence-electron chi connectivity index (χ1n) is 10.5. The molecule has 30 heavy (non-hydrogen) atoms. The van der Waals surface area contributed by atoms with E-state index in [1.807, 2.05) is 39.0 Å². The molecule has 0 radical (unpaired) electrons. The van der Waals surface area contributed by atoms with E-state index in [1.54, 1.807) is 18.2 Å². The summed E-state index contributed by atoms with van der Waals surface area (Å²) in [5.41, 5.74) is 0.0362. The minimum atomic E-state index is -0.583. The van der Waals surface area contributed by atoms with Gasteiger partial charge in [0.05, 0.1) is 12.6 Å². The van der Waals surface area contributed by atoms with E-state index >= 15 is 0 Å². The molecule has 1 saturated carbocycles. The molecule has 2 amide bonds. The minimum Gasteiger partial charge on any atom is -0.444 e. The summed E-state index contributed by atoms with van der Waals surface area (Å²) in [5, 5.41) is 15.2. The summed E-state index contributed by atoms with van der Waals surface area (Å²) in [4.78, 5) is 24.9. The molecule has 2 rings (SSSR count). The number of aliphatic hydroxyl groups is 1. The second-order valence-corrected chi connectivity index (χ2v) is 9.62. The first-order chi connectivity index (χ1) is 14.2. The summed E-state index contributed by atoms with van der Waals surface area (Å²) in [6, 6.07) is 7.00. The fourth-order valence-electron chi connectivity index (χ4n) is 3.84. The van der Waals surface area contributed by atoms with E-state index in [2.05, 4.69) is 26.6 Å². The smallest absolute Gasteiger partial charge is 0.408 e. The van der Waals surface area contributed by atoms with Gasteiger partial charge in [0.1, 0.15) is 5.60 Å². The highest BCUT2D eigenvalue weighted by atomic mass is 79.9. The fourth-order valence-corrected chi connectivity index (χ4v) is 4.10. The van der Waals surface area contributed by atoms with Crippen LogP contribution >= 0.6 is 15.9 Å². The third-order valence-corrected chi connectivity index (χ3v) is 5.72. The number of hydrogen-bond donors (Lipinski definition) is 3. The van der Waals surface area contributed by atoms with Crippen LogP contribution in [0.2, 0.25) is 0 Å². The maximum absolute atomic E-state index is 12.5. The monoisotopic (exact) mass is 480 g/mol. The third-order valence-electron chi connectivity index (χ3n) is 5.19. The Morgan fingerprint density at radius 2 is 1.90 bits per heavy atom. The molecule has 6 nitrogen and oxygen atoms in total. The van der Waals surface area contributed by atoms with Crippen molar-refractivity contribution >= 4 is 27.9 Å². The van der Waals surface area contributed by atoms with Crippen LogP contribution in [0.4, 0.5) is 4.79 Å². The Balaban J connectivity index is 2.05. The Labute approximate surface area is 187 Å². The first kappa shape index (κ1) is 24.4. The van der Waals surface area contributed by atoms with E-state index in [0.29, 0.717) is 12.1 Å². The second-order valence-electron chi connectivity index (χ2n) is 8.71. The van der Waals surface area contributed by atoms with Crippen LogP contribution in [0.15, 0.2) is 40.9 Å². The number of benzene rings is 1. The van der Waals surface area contributed by atoms with E-state index < -0.39 is 11.7 Å². The Bertz CT molecular complexity index is 728. The van der Waals surface area contributed by atoms with Crippen LogP contribution in [0.5, 0.6) is 0 Å². The molecule has 1 aliphatic carbocycles. The van der Waals surface area contributed by atoms with Gasteiger partial charge in [0.2, 0.25) is 0 Å². The average molecular weight is 481 g/mol. The van der Waals surface area contributed by atoms with Crippen molar-refractivity contribution in [1.82, 2.24) is 10.6 Å². The molecular formula is C23H33BrN2O4. The molecular weight excluding hydrogens is 448 g/mol. The summed E-state index contributed by atoms with van der Waals surface area (Å²) >= 11 is 3.38. The van der Waals surface area contributed by atoms with Crippen LogP contribution in [0.1, 0.15) is 56.8 Å². The molecule has 1 aromatic carbocycles. The molecule has 0 unspecified atom stereocenters. The number of halogens is 1. The molecule has 1 aliphatic rings. The third kappa shape index (κ3) is 8.11. The van der Waals surface area contributed by atoms with Crippen LogP contribution in [-0.2, 0) is 4.74 Å². The standard InChI is InChI=1S/C23H33BrN2O4/c1-23(2,3)30-22(29)26-20(9-6-14-27)19-8-5-4-7-17(19)15-25-21(28)16-10-12-18(24)13-11-16/h6,9-13,17,19-20,27H,4-5,7-8,14-15H2,1-3H3,(H,25,28)(H,26,29)/b9-6+/t17-,19+,20-/m1/s1. The Morgan fingerprint density at radius 1 is 1.23 bits per heavy atom. The van der Waals surface area contributed by atoms with Gasteiger partial charge in [-0.3, -0.25) is 4.79 Å². The van der Waals surface area contributed by atoms with Gasteiger partial charge in [0.25, 0.3) is 5.91 Å². The van der Waals surface area contributed by atoms with Gasteiger partial charge in [-0.25, -0.2) is 4.79 Å². The lowest BCUT2D eigenvalue weighted by Gasteiger charge is -2.36. The number of carbonyl (C=O) groups is 2. The first-order valence-corrected chi connectivity index (χ1v) is 11.3. The zero-order valence-electron chi connectivity index (χ0n) is 18.0. The molecule has 0 heterocycles. The average Bonchev–Trinajstić information content (AvgIpc) is 2.68. The van der Waals surface area contributed by atoms with E-state index in [0.717, 1.165) is 30.2 Å². The SMILES string of the molecule is CC(C)(C)OC(=O)N[C@H](/C=C/CO)[C@H]1CCCC[C@@H]1CNC(=O)c1ccc(Br)cc1. The number of amides is 2. The van der Waals surface area contributed by atoms with Crippen LogP contribution in [0, 0.1) is 11.8 Å². The van der Waals surface area contributed by atoms with E-state index in [9.17, 15) is 14.7 Å². The van der Waals surface area contributed by atoms with Gasteiger partial charge in [0.15, 0.2) is 0 Å². The van der Waals surface area contributed by atoms with Crippen molar-refractivity contribution in [1.29, 1.82) is 0 Å². The van der Waals surface area contributed by atoms with Gasteiger partial charge in [-0.1, -0.05) is 40.9 Å². The van der Waals surface area contributed by atoms with Crippen LogP contribution in [-0.4, -0.2) is 41.9 Å². The zero-order valence-corrected chi connectivity index (χ0v) is 19.6. The van der Waals surface area contributed by atoms with Gasteiger partial charge < -0.3 is 20.5 Å². The Hall–Kier alpha value is -1.86. The maximum atomic E-state index is 12.5. The highest BCUT2D eigenvalue weighted by molar-refractivity contribution is 9.10. The summed E-state index contributed by atoms with van der Waals surface area (Å²) < 4.78 is 6.35. The van der Waals surface area contributed by atoms with Crippen molar-refractivity contribution in [2.24, 2.45) is 11.8 Å². The summed E-state index contributed by atoms with van der Waals surface area (Å²) in [6.07, 6.45) is 7.09. The number of alkyl carbamates (subject to hydrolysis) is 1. The lowest BCUT2D eigenvalue weighted by atomic mass is 9.75. The zero-order chi connectivity index (χ0) is 22.1. The van der Waals surface area contributed by atoms with Crippen LogP contribution in [0.3, 0.4) is 0 Å². The van der Waals surface area contributed by atoms with E-state index in [4.69, 9.17) is 4.74 Å². The summed E-state index contributed by atoms with van der Waals surface area (Å²) in [5.74, 6) is 0.273. The molecule has 0 aliphatic heterocycles. The molecule has 1 fully saturated rings. The fraction of sp³-hybridized carbons (Fsp3) is 0.565. The lowest BCUT2D eigenvalue weighted by molar-refractivity contribution is 0.0476. The summed E-state index contributed by atoms with van der Waals surface area (Å²) in [7, 11) is 0. The van der Waals surface area contributed by atoms with Gasteiger partial charge in [-0.05, 0) is 69.7 Å². The molecule has 3 atom stereocenters. The maximum Gasteiger partial charge on any atom is 0.408 e. The molecule has 3 N–H and O–H groups in total. The second kappa shape index (κ2) is 11.5. The normalized spacial score (nSPS) is 20.6. The van der Waals surface area contributed by atoms with E-state index in [-0.39, 0.29) is 30.4 Å². The van der Waals surface area contributed by atoms with Crippen molar-refractivity contribution in [3.05, 3.63) is 46.5 Å².